The van der Waals surface area contributed by atoms with Crippen LogP contribution in [0.4, 0.5) is 4.39 Å². The van der Waals surface area contributed by atoms with Gasteiger partial charge in [0.25, 0.3) is 10.0 Å². The van der Waals surface area contributed by atoms with Crippen LogP contribution in [0.5, 0.6) is 5.75 Å². The van der Waals surface area contributed by atoms with Crippen LogP contribution in [0.1, 0.15) is 19.4 Å². The largest absolute Gasteiger partial charge is 0.494 e. The zero-order valence-electron chi connectivity index (χ0n) is 12.8. The zero-order chi connectivity index (χ0) is 16.9. The van der Waals surface area contributed by atoms with Gasteiger partial charge in [-0.3, -0.25) is 0 Å². The molecule has 0 radical (unpaired) electrons. The molecule has 0 saturated carbocycles. The fourth-order valence-electron chi connectivity index (χ4n) is 1.88. The Hall–Kier alpha value is -2.41. The number of hydrazone groups is 1. The van der Waals surface area contributed by atoms with Gasteiger partial charge in [-0.2, -0.15) is 18.4 Å². The van der Waals surface area contributed by atoms with Crippen LogP contribution in [0.15, 0.2) is 58.5 Å². The molecule has 0 aromatic heterocycles. The second-order valence-electron chi connectivity index (χ2n) is 4.68. The molecule has 0 aliphatic carbocycles. The van der Waals surface area contributed by atoms with E-state index in [1.807, 2.05) is 6.92 Å². The molecule has 0 heterocycles. The molecule has 1 N–H and O–H groups in total. The Bertz CT molecular complexity index is 802. The fraction of sp³-hybridized carbons (Fsp3) is 0.188. The highest BCUT2D eigenvalue weighted by Crippen LogP contribution is 2.16. The zero-order valence-corrected chi connectivity index (χ0v) is 13.6. The van der Waals surface area contributed by atoms with Gasteiger partial charge in [0.1, 0.15) is 11.6 Å². The molecule has 7 heteroatoms. The number of rotatable bonds is 6. The molecule has 0 spiro atoms. The Morgan fingerprint density at radius 1 is 1.17 bits per heavy atom. The maximum absolute atomic E-state index is 13.6. The summed E-state index contributed by atoms with van der Waals surface area (Å²) in [5.74, 6) is 0.117. The smallest absolute Gasteiger partial charge is 0.276 e. The van der Waals surface area contributed by atoms with Crippen molar-refractivity contribution in [3.8, 4) is 5.75 Å². The quantitative estimate of drug-likeness (QED) is 0.651. The monoisotopic (exact) mass is 336 g/mol. The predicted molar refractivity (Wildman–Crippen MR) is 86.5 cm³/mol. The van der Waals surface area contributed by atoms with Gasteiger partial charge in [-0.25, -0.2) is 4.39 Å². The third-order valence-electron chi connectivity index (χ3n) is 3.04. The Balaban J connectivity index is 2.18. The summed E-state index contributed by atoms with van der Waals surface area (Å²) in [5.41, 5.74) is 0.472. The van der Waals surface area contributed by atoms with Crippen LogP contribution in [0.2, 0.25) is 0 Å². The van der Waals surface area contributed by atoms with Crippen LogP contribution in [-0.2, 0) is 10.0 Å². The summed E-state index contributed by atoms with van der Waals surface area (Å²) in [7, 11) is -3.82. The Labute approximate surface area is 134 Å². The molecule has 0 amide bonds. The summed E-state index contributed by atoms with van der Waals surface area (Å²) < 4.78 is 43.2. The van der Waals surface area contributed by atoms with Gasteiger partial charge >= 0.3 is 0 Å². The van der Waals surface area contributed by atoms with Crippen molar-refractivity contribution in [1.82, 2.24) is 4.83 Å². The summed E-state index contributed by atoms with van der Waals surface area (Å²) in [4.78, 5) is 2.15. The summed E-state index contributed by atoms with van der Waals surface area (Å²) in [6.07, 6.45) is 0. The van der Waals surface area contributed by atoms with Gasteiger partial charge in [0.15, 0.2) is 0 Å². The lowest BCUT2D eigenvalue weighted by molar-refractivity contribution is 0.340. The maximum Gasteiger partial charge on any atom is 0.276 e. The summed E-state index contributed by atoms with van der Waals surface area (Å²) in [5, 5.41) is 3.77. The Morgan fingerprint density at radius 2 is 1.83 bits per heavy atom. The fourth-order valence-corrected chi connectivity index (χ4v) is 2.73. The molecule has 0 unspecified atom stereocenters. The summed E-state index contributed by atoms with van der Waals surface area (Å²) in [6, 6.07) is 12.0. The molecule has 2 aromatic carbocycles. The minimum absolute atomic E-state index is 0.0473. The molecule has 23 heavy (non-hydrogen) atoms. The topological polar surface area (TPSA) is 67.8 Å². The van der Waals surface area contributed by atoms with E-state index in [4.69, 9.17) is 4.74 Å². The number of halogens is 1. The molecule has 0 atom stereocenters. The lowest BCUT2D eigenvalue weighted by atomic mass is 10.1. The van der Waals surface area contributed by atoms with Crippen molar-refractivity contribution in [3.05, 3.63) is 59.9 Å². The van der Waals surface area contributed by atoms with Crippen LogP contribution in [-0.4, -0.2) is 20.7 Å². The number of nitrogens with zero attached hydrogens (tertiary/aromatic N) is 1. The molecule has 5 nitrogen and oxygen atoms in total. The summed E-state index contributed by atoms with van der Waals surface area (Å²) >= 11 is 0. The molecule has 0 saturated heterocycles. The first-order chi connectivity index (χ1) is 10.9. The standard InChI is InChI=1S/C16H17FN2O3S/c1-3-22-13-8-10-14(11-9-13)23(20,21)19-18-12(2)15-6-4-5-7-16(15)17/h4-11,19H,3H2,1-2H3/b18-12+. The van der Waals surface area contributed by atoms with Gasteiger partial charge in [-0.15, -0.1) is 0 Å². The maximum atomic E-state index is 13.6. The molecule has 0 aliphatic heterocycles. The van der Waals surface area contributed by atoms with E-state index in [1.165, 1.54) is 31.2 Å². The minimum Gasteiger partial charge on any atom is -0.494 e. The second kappa shape index (κ2) is 7.23. The van der Waals surface area contributed by atoms with Crippen molar-refractivity contribution in [2.75, 3.05) is 6.61 Å². The number of sulfonamides is 1. The van der Waals surface area contributed by atoms with Gasteiger partial charge < -0.3 is 4.74 Å². The lowest BCUT2D eigenvalue weighted by Gasteiger charge is -2.07. The lowest BCUT2D eigenvalue weighted by Crippen LogP contribution is -2.20. The van der Waals surface area contributed by atoms with E-state index in [2.05, 4.69) is 9.93 Å². The predicted octanol–water partition coefficient (Wildman–Crippen LogP) is 2.93. The van der Waals surface area contributed by atoms with Gasteiger partial charge in [0.05, 0.1) is 17.2 Å². The first-order valence-electron chi connectivity index (χ1n) is 6.98. The Morgan fingerprint density at radius 3 is 2.43 bits per heavy atom. The van der Waals surface area contributed by atoms with Crippen molar-refractivity contribution in [2.45, 2.75) is 18.7 Å². The van der Waals surface area contributed by atoms with Crippen molar-refractivity contribution in [3.63, 3.8) is 0 Å². The minimum atomic E-state index is -3.82. The average molecular weight is 336 g/mol. The number of benzene rings is 2. The van der Waals surface area contributed by atoms with Gasteiger partial charge in [-0.05, 0) is 44.2 Å². The highest BCUT2D eigenvalue weighted by Gasteiger charge is 2.13. The van der Waals surface area contributed by atoms with Crippen molar-refractivity contribution in [1.29, 1.82) is 0 Å². The second-order valence-corrected chi connectivity index (χ2v) is 6.34. The van der Waals surface area contributed by atoms with Gasteiger partial charge in [-0.1, -0.05) is 18.2 Å². The molecule has 122 valence electrons. The van der Waals surface area contributed by atoms with E-state index in [9.17, 15) is 12.8 Å². The van der Waals surface area contributed by atoms with Crippen LogP contribution >= 0.6 is 0 Å². The van der Waals surface area contributed by atoms with Crippen molar-refractivity contribution < 1.29 is 17.5 Å². The van der Waals surface area contributed by atoms with Gasteiger partial charge in [0.2, 0.25) is 0 Å². The summed E-state index contributed by atoms with van der Waals surface area (Å²) in [6.45, 7) is 3.86. The van der Waals surface area contributed by atoms with Crippen LogP contribution in [0.25, 0.3) is 0 Å². The van der Waals surface area contributed by atoms with Crippen LogP contribution < -0.4 is 9.57 Å². The van der Waals surface area contributed by atoms with E-state index < -0.39 is 15.8 Å². The third kappa shape index (κ3) is 4.29. The van der Waals surface area contributed by atoms with Crippen LogP contribution in [0, 0.1) is 5.82 Å². The molecular formula is C16H17FN2O3S. The molecule has 2 aromatic rings. The van der Waals surface area contributed by atoms with E-state index in [-0.39, 0.29) is 16.2 Å². The molecule has 2 rings (SSSR count). The number of nitrogens with one attached hydrogen (secondary N) is 1. The van der Waals surface area contributed by atoms with Crippen molar-refractivity contribution >= 4 is 15.7 Å². The van der Waals surface area contributed by atoms with E-state index >= 15 is 0 Å². The number of hydrogen-bond acceptors (Lipinski definition) is 4. The van der Waals surface area contributed by atoms with E-state index in [0.717, 1.165) is 0 Å². The molecular weight excluding hydrogens is 319 g/mol. The first kappa shape index (κ1) is 17.0. The molecule has 0 fully saturated rings. The number of hydrogen-bond donors (Lipinski definition) is 1. The van der Waals surface area contributed by atoms with Crippen molar-refractivity contribution in [2.24, 2.45) is 5.10 Å². The average Bonchev–Trinajstić information content (AvgIpc) is 2.54. The third-order valence-corrected chi connectivity index (χ3v) is 4.27. The normalized spacial score (nSPS) is 12.0. The van der Waals surface area contributed by atoms with E-state index in [1.54, 1.807) is 24.3 Å². The first-order valence-corrected chi connectivity index (χ1v) is 8.46. The SMILES string of the molecule is CCOc1ccc(S(=O)(=O)N/N=C(\C)c2ccccc2F)cc1. The van der Waals surface area contributed by atoms with E-state index in [0.29, 0.717) is 12.4 Å². The molecule has 0 bridgehead atoms. The highest BCUT2D eigenvalue weighted by molar-refractivity contribution is 7.89. The molecule has 0 aliphatic rings. The highest BCUT2D eigenvalue weighted by atomic mass is 32.2. The number of ether oxygens (including phenoxy) is 1. The van der Waals surface area contributed by atoms with Crippen LogP contribution in [0.3, 0.4) is 0 Å². The Kier molecular flexibility index (Phi) is 5.33. The van der Waals surface area contributed by atoms with Gasteiger partial charge in [0, 0.05) is 5.56 Å².